The second-order valence-corrected chi connectivity index (χ2v) is 5.67. The molecule has 18 heavy (non-hydrogen) atoms. The third-order valence-electron chi connectivity index (χ3n) is 2.42. The first-order valence-electron chi connectivity index (χ1n) is 5.85. The van der Waals surface area contributed by atoms with Crippen LogP contribution < -0.4 is 5.32 Å². The topological polar surface area (TPSA) is 40.7 Å². The number of aromatic nitrogens is 2. The van der Waals surface area contributed by atoms with Gasteiger partial charge in [0.2, 0.25) is 0 Å². The van der Waals surface area contributed by atoms with Gasteiger partial charge in [-0.25, -0.2) is 4.98 Å². The molecule has 1 aromatic carbocycles. The first-order valence-corrected chi connectivity index (χ1v) is 7.04. The lowest BCUT2D eigenvalue weighted by Crippen LogP contribution is -2.22. The van der Waals surface area contributed by atoms with Gasteiger partial charge in [0.15, 0.2) is 5.16 Å². The third kappa shape index (κ3) is 3.51. The summed E-state index contributed by atoms with van der Waals surface area (Å²) >= 11 is 7.83. The molecule has 2 rings (SSSR count). The van der Waals surface area contributed by atoms with E-state index in [-0.39, 0.29) is 0 Å². The molecule has 1 aromatic heterocycles. The van der Waals surface area contributed by atoms with Gasteiger partial charge in [-0.05, 0) is 23.4 Å². The highest BCUT2D eigenvalue weighted by atomic mass is 35.5. The van der Waals surface area contributed by atoms with Gasteiger partial charge >= 0.3 is 0 Å². The fourth-order valence-corrected chi connectivity index (χ4v) is 2.70. The standard InChI is InChI=1S/C13H16ClN3S/c1-9(2)17-8-10-4-3-5-11(14)12(10)18-13-15-6-7-16-13/h3-7,9,17H,8H2,1-2H3,(H,15,16). The van der Waals surface area contributed by atoms with Crippen molar-refractivity contribution in [2.24, 2.45) is 0 Å². The molecule has 96 valence electrons. The summed E-state index contributed by atoms with van der Waals surface area (Å²) in [5.74, 6) is 0. The lowest BCUT2D eigenvalue weighted by Gasteiger charge is -2.12. The van der Waals surface area contributed by atoms with Gasteiger partial charge in [0.05, 0.1) is 5.02 Å². The van der Waals surface area contributed by atoms with Crippen LogP contribution in [0, 0.1) is 0 Å². The number of hydrogen-bond acceptors (Lipinski definition) is 3. The number of hydrogen-bond donors (Lipinski definition) is 2. The molecule has 0 fully saturated rings. The maximum atomic E-state index is 6.27. The maximum Gasteiger partial charge on any atom is 0.170 e. The van der Waals surface area contributed by atoms with E-state index in [1.54, 1.807) is 18.0 Å². The smallest absolute Gasteiger partial charge is 0.170 e. The summed E-state index contributed by atoms with van der Waals surface area (Å²) in [6, 6.07) is 6.43. The Bertz CT molecular complexity index is 497. The predicted molar refractivity (Wildman–Crippen MR) is 76.1 cm³/mol. The van der Waals surface area contributed by atoms with E-state index >= 15 is 0 Å². The van der Waals surface area contributed by atoms with Crippen LogP contribution >= 0.6 is 23.4 Å². The fourth-order valence-electron chi connectivity index (χ4n) is 1.52. The van der Waals surface area contributed by atoms with Crippen molar-refractivity contribution < 1.29 is 0 Å². The van der Waals surface area contributed by atoms with Crippen LogP contribution in [0.4, 0.5) is 0 Å². The number of imidazole rings is 1. The largest absolute Gasteiger partial charge is 0.339 e. The van der Waals surface area contributed by atoms with Crippen molar-refractivity contribution >= 4 is 23.4 Å². The molecule has 0 aliphatic carbocycles. The van der Waals surface area contributed by atoms with Crippen molar-refractivity contribution in [3.63, 3.8) is 0 Å². The number of nitrogens with zero attached hydrogens (tertiary/aromatic N) is 1. The first-order chi connectivity index (χ1) is 8.66. The average Bonchev–Trinajstić information content (AvgIpc) is 2.82. The lowest BCUT2D eigenvalue weighted by atomic mass is 10.2. The summed E-state index contributed by atoms with van der Waals surface area (Å²) in [5.41, 5.74) is 1.19. The van der Waals surface area contributed by atoms with Crippen molar-refractivity contribution in [3.8, 4) is 0 Å². The highest BCUT2D eigenvalue weighted by Gasteiger charge is 2.10. The minimum absolute atomic E-state index is 0.449. The highest BCUT2D eigenvalue weighted by Crippen LogP contribution is 2.34. The molecule has 0 amide bonds. The summed E-state index contributed by atoms with van der Waals surface area (Å²) in [6.45, 7) is 5.06. The Labute approximate surface area is 116 Å². The average molecular weight is 282 g/mol. The summed E-state index contributed by atoms with van der Waals surface area (Å²) in [7, 11) is 0. The molecule has 0 bridgehead atoms. The molecule has 0 spiro atoms. The molecule has 2 aromatic rings. The van der Waals surface area contributed by atoms with Gasteiger partial charge in [-0.1, -0.05) is 37.6 Å². The molecular formula is C13H16ClN3S. The van der Waals surface area contributed by atoms with Crippen molar-refractivity contribution in [2.45, 2.75) is 36.5 Å². The van der Waals surface area contributed by atoms with Crippen LogP contribution in [0.5, 0.6) is 0 Å². The van der Waals surface area contributed by atoms with Crippen LogP contribution in [0.3, 0.4) is 0 Å². The van der Waals surface area contributed by atoms with Gasteiger partial charge in [0.1, 0.15) is 0 Å². The fraction of sp³-hybridized carbons (Fsp3) is 0.308. The quantitative estimate of drug-likeness (QED) is 0.878. The van der Waals surface area contributed by atoms with Gasteiger partial charge in [-0.15, -0.1) is 0 Å². The first kappa shape index (κ1) is 13.5. The van der Waals surface area contributed by atoms with Crippen LogP contribution in [0.2, 0.25) is 5.02 Å². The number of aromatic amines is 1. The zero-order valence-electron chi connectivity index (χ0n) is 10.4. The SMILES string of the molecule is CC(C)NCc1cccc(Cl)c1Sc1ncc[nH]1. The Hall–Kier alpha value is -0.970. The number of H-pyrrole nitrogens is 1. The van der Waals surface area contributed by atoms with Crippen LogP contribution in [-0.2, 0) is 6.54 Å². The van der Waals surface area contributed by atoms with Gasteiger partial charge in [0.25, 0.3) is 0 Å². The Kier molecular flexibility index (Phi) is 4.69. The number of benzene rings is 1. The molecule has 2 N–H and O–H groups in total. The Morgan fingerprint density at radius 3 is 2.94 bits per heavy atom. The third-order valence-corrected chi connectivity index (χ3v) is 3.95. The van der Waals surface area contributed by atoms with Crippen LogP contribution in [0.15, 0.2) is 40.6 Å². The van der Waals surface area contributed by atoms with Crippen LogP contribution in [0.25, 0.3) is 0 Å². The molecule has 5 heteroatoms. The van der Waals surface area contributed by atoms with E-state index in [1.165, 1.54) is 5.56 Å². The van der Waals surface area contributed by atoms with Gasteiger partial charge in [0, 0.05) is 29.9 Å². The molecule has 0 aliphatic heterocycles. The molecule has 0 aliphatic rings. The number of rotatable bonds is 5. The second-order valence-electron chi connectivity index (χ2n) is 4.26. The molecule has 0 atom stereocenters. The Morgan fingerprint density at radius 2 is 2.28 bits per heavy atom. The van der Waals surface area contributed by atoms with E-state index in [9.17, 15) is 0 Å². The molecule has 1 heterocycles. The van der Waals surface area contributed by atoms with E-state index in [4.69, 9.17) is 11.6 Å². The minimum atomic E-state index is 0.449. The molecule has 0 unspecified atom stereocenters. The van der Waals surface area contributed by atoms with E-state index in [0.717, 1.165) is 21.6 Å². The Balaban J connectivity index is 2.21. The van der Waals surface area contributed by atoms with E-state index in [0.29, 0.717) is 6.04 Å². The van der Waals surface area contributed by atoms with Crippen molar-refractivity contribution in [3.05, 3.63) is 41.2 Å². The summed E-state index contributed by atoms with van der Waals surface area (Å²) < 4.78 is 0. The molecular weight excluding hydrogens is 266 g/mol. The number of halogens is 1. The minimum Gasteiger partial charge on any atom is -0.339 e. The molecule has 0 saturated carbocycles. The predicted octanol–water partition coefficient (Wildman–Crippen LogP) is 3.71. The van der Waals surface area contributed by atoms with Crippen molar-refractivity contribution in [2.75, 3.05) is 0 Å². The molecule has 3 nitrogen and oxygen atoms in total. The van der Waals surface area contributed by atoms with Gasteiger partial charge in [-0.3, -0.25) is 0 Å². The van der Waals surface area contributed by atoms with E-state index in [2.05, 4.69) is 35.2 Å². The lowest BCUT2D eigenvalue weighted by molar-refractivity contribution is 0.585. The normalized spacial score (nSPS) is 11.1. The summed E-state index contributed by atoms with van der Waals surface area (Å²) in [6.07, 6.45) is 3.55. The van der Waals surface area contributed by atoms with Crippen LogP contribution in [-0.4, -0.2) is 16.0 Å². The van der Waals surface area contributed by atoms with E-state index in [1.807, 2.05) is 18.3 Å². The number of nitrogens with one attached hydrogen (secondary N) is 2. The summed E-state index contributed by atoms with van der Waals surface area (Å²) in [4.78, 5) is 8.35. The van der Waals surface area contributed by atoms with Crippen molar-refractivity contribution in [1.82, 2.24) is 15.3 Å². The summed E-state index contributed by atoms with van der Waals surface area (Å²) in [5, 5.41) is 5.03. The maximum absolute atomic E-state index is 6.27. The Morgan fingerprint density at radius 1 is 1.44 bits per heavy atom. The van der Waals surface area contributed by atoms with E-state index < -0.39 is 0 Å². The van der Waals surface area contributed by atoms with Crippen molar-refractivity contribution in [1.29, 1.82) is 0 Å². The van der Waals surface area contributed by atoms with Gasteiger partial charge < -0.3 is 10.3 Å². The second kappa shape index (κ2) is 6.27. The highest BCUT2D eigenvalue weighted by molar-refractivity contribution is 7.99. The van der Waals surface area contributed by atoms with Gasteiger partial charge in [-0.2, -0.15) is 0 Å². The molecule has 0 radical (unpaired) electrons. The zero-order chi connectivity index (χ0) is 13.0. The monoisotopic (exact) mass is 281 g/mol. The van der Waals surface area contributed by atoms with Crippen LogP contribution in [0.1, 0.15) is 19.4 Å². The molecule has 0 saturated heterocycles. The zero-order valence-corrected chi connectivity index (χ0v) is 12.0.